The maximum Gasteiger partial charge on any atom is 0.220 e. The third-order valence-electron chi connectivity index (χ3n) is 7.18. The average molecular weight is 436 g/mol. The van der Waals surface area contributed by atoms with E-state index in [0.717, 1.165) is 43.9 Å². The summed E-state index contributed by atoms with van der Waals surface area (Å²) in [6, 6.07) is 12.4. The topological polar surface area (TPSA) is 54.5 Å². The summed E-state index contributed by atoms with van der Waals surface area (Å²) in [6.07, 6.45) is 9.63. The molecule has 1 saturated carbocycles. The Hall–Kier alpha value is -2.40. The fraction of sp³-hybridized carbons (Fsp3) is 0.556. The Bertz CT molecular complexity index is 880. The monoisotopic (exact) mass is 435 g/mol. The summed E-state index contributed by atoms with van der Waals surface area (Å²) in [5, 5.41) is 3.39. The molecule has 1 saturated heterocycles. The number of rotatable bonds is 8. The highest BCUT2D eigenvalue weighted by molar-refractivity contribution is 5.76. The van der Waals surface area contributed by atoms with Gasteiger partial charge >= 0.3 is 0 Å². The number of likely N-dealkylation sites (tertiary alicyclic amines) is 1. The lowest BCUT2D eigenvalue weighted by Gasteiger charge is -2.37. The second kappa shape index (κ2) is 11.0. The van der Waals surface area contributed by atoms with Gasteiger partial charge in [-0.15, -0.1) is 0 Å². The lowest BCUT2D eigenvalue weighted by molar-refractivity contribution is -0.123. The van der Waals surface area contributed by atoms with Gasteiger partial charge in [0.15, 0.2) is 0 Å². The fourth-order valence-electron chi connectivity index (χ4n) is 5.58. The predicted octanol–water partition coefficient (Wildman–Crippen LogP) is 5.05. The van der Waals surface area contributed by atoms with Gasteiger partial charge in [0.05, 0.1) is 18.8 Å². The highest BCUT2D eigenvalue weighted by Gasteiger charge is 2.31. The lowest BCUT2D eigenvalue weighted by atomic mass is 9.87. The fourth-order valence-corrected chi connectivity index (χ4v) is 5.58. The number of carbonyl (C=O) groups is 1. The smallest absolute Gasteiger partial charge is 0.220 e. The Morgan fingerprint density at radius 1 is 1.16 bits per heavy atom. The van der Waals surface area contributed by atoms with Crippen molar-refractivity contribution < 1.29 is 9.53 Å². The Kier molecular flexibility index (Phi) is 7.80. The maximum atomic E-state index is 12.9. The number of piperidine rings is 1. The van der Waals surface area contributed by atoms with E-state index in [9.17, 15) is 4.79 Å². The number of hydrogen-bond donors (Lipinski definition) is 1. The first-order chi connectivity index (χ1) is 15.6. The first kappa shape index (κ1) is 22.8. The second-order valence-electron chi connectivity index (χ2n) is 9.56. The zero-order chi connectivity index (χ0) is 22.3. The summed E-state index contributed by atoms with van der Waals surface area (Å²) in [7, 11) is 1.75. The average Bonchev–Trinajstić information content (AvgIpc) is 3.31. The van der Waals surface area contributed by atoms with E-state index in [1.54, 1.807) is 7.11 Å². The minimum absolute atomic E-state index is 0.0349. The van der Waals surface area contributed by atoms with Gasteiger partial charge in [-0.25, -0.2) is 0 Å². The van der Waals surface area contributed by atoms with Crippen LogP contribution in [0.2, 0.25) is 0 Å². The van der Waals surface area contributed by atoms with Gasteiger partial charge in [0, 0.05) is 31.3 Å². The molecule has 172 valence electrons. The van der Waals surface area contributed by atoms with Crippen LogP contribution >= 0.6 is 0 Å². The Morgan fingerprint density at radius 2 is 2.00 bits per heavy atom. The van der Waals surface area contributed by atoms with E-state index < -0.39 is 0 Å². The van der Waals surface area contributed by atoms with Crippen LogP contribution in [0.5, 0.6) is 5.75 Å². The summed E-state index contributed by atoms with van der Waals surface area (Å²) < 4.78 is 5.68. The van der Waals surface area contributed by atoms with Crippen molar-refractivity contribution in [3.05, 3.63) is 59.4 Å². The number of pyridine rings is 1. The zero-order valence-corrected chi connectivity index (χ0v) is 19.6. The van der Waals surface area contributed by atoms with Crippen LogP contribution in [0.15, 0.2) is 42.6 Å². The van der Waals surface area contributed by atoms with Crippen molar-refractivity contribution in [1.82, 2.24) is 15.2 Å². The number of benzene rings is 1. The van der Waals surface area contributed by atoms with Crippen LogP contribution < -0.4 is 10.1 Å². The van der Waals surface area contributed by atoms with Crippen molar-refractivity contribution in [2.45, 2.75) is 64.5 Å². The molecule has 4 rings (SSSR count). The molecular formula is C27H37N3O2. The number of nitrogens with one attached hydrogen (secondary N) is 1. The second-order valence-corrected chi connectivity index (χ2v) is 9.56. The molecule has 1 N–H and O–H groups in total. The zero-order valence-electron chi connectivity index (χ0n) is 19.6. The maximum absolute atomic E-state index is 12.9. The predicted molar refractivity (Wildman–Crippen MR) is 127 cm³/mol. The van der Waals surface area contributed by atoms with Crippen LogP contribution in [0.1, 0.15) is 67.8 Å². The van der Waals surface area contributed by atoms with E-state index in [1.807, 2.05) is 18.3 Å². The molecule has 0 unspecified atom stereocenters. The number of hydrogen-bond acceptors (Lipinski definition) is 4. The van der Waals surface area contributed by atoms with Gasteiger partial charge < -0.3 is 10.1 Å². The SMILES string of the molecule is COc1c(C)cccc1CN1CCC[C@H]([C@@H](NC(=O)CC2CCCC2)c2ccccn2)C1. The standard InChI is InChI=1S/C27H37N3O2/c1-20-9-7-12-23(27(20)32-2)19-30-16-8-13-22(18-30)26(24-14-5-6-15-28-24)29-25(31)17-21-10-3-4-11-21/h5-7,9,12,14-15,21-22,26H,3-4,8,10-11,13,16-19H2,1-2H3,(H,29,31)/t22-,26+/m0/s1. The first-order valence-corrected chi connectivity index (χ1v) is 12.2. The molecule has 1 aliphatic carbocycles. The van der Waals surface area contributed by atoms with Crippen molar-refractivity contribution in [3.63, 3.8) is 0 Å². The van der Waals surface area contributed by atoms with Gasteiger partial charge in [-0.3, -0.25) is 14.7 Å². The van der Waals surface area contributed by atoms with E-state index in [-0.39, 0.29) is 11.9 Å². The largest absolute Gasteiger partial charge is 0.496 e. The Labute approximate surface area is 192 Å². The third-order valence-corrected chi connectivity index (χ3v) is 7.18. The van der Waals surface area contributed by atoms with Crippen molar-refractivity contribution in [2.75, 3.05) is 20.2 Å². The van der Waals surface area contributed by atoms with Gasteiger partial charge in [0.25, 0.3) is 0 Å². The van der Waals surface area contributed by atoms with E-state index in [4.69, 9.17) is 4.74 Å². The molecule has 1 aromatic heterocycles. The number of para-hydroxylation sites is 1. The van der Waals surface area contributed by atoms with Gasteiger partial charge in [-0.2, -0.15) is 0 Å². The van der Waals surface area contributed by atoms with E-state index >= 15 is 0 Å². The molecule has 2 atom stereocenters. The Morgan fingerprint density at radius 3 is 2.75 bits per heavy atom. The van der Waals surface area contributed by atoms with Gasteiger partial charge in [0.1, 0.15) is 5.75 Å². The summed E-state index contributed by atoms with van der Waals surface area (Å²) in [5.41, 5.74) is 3.38. The number of nitrogens with zero attached hydrogens (tertiary/aromatic N) is 2. The van der Waals surface area contributed by atoms with E-state index in [2.05, 4.69) is 46.4 Å². The number of carbonyl (C=O) groups excluding carboxylic acids is 1. The Balaban J connectivity index is 1.47. The molecule has 2 aliphatic rings. The summed E-state index contributed by atoms with van der Waals surface area (Å²) in [6.45, 7) is 4.98. The van der Waals surface area contributed by atoms with Gasteiger partial charge in [0.2, 0.25) is 5.91 Å². The number of aromatic nitrogens is 1. The number of methoxy groups -OCH3 is 1. The number of ether oxygens (including phenoxy) is 1. The normalized spacial score (nSPS) is 20.8. The molecule has 5 nitrogen and oxygen atoms in total. The van der Waals surface area contributed by atoms with Gasteiger partial charge in [-0.05, 0) is 68.7 Å². The minimum Gasteiger partial charge on any atom is -0.496 e. The van der Waals surface area contributed by atoms with E-state index in [1.165, 1.54) is 36.8 Å². The van der Waals surface area contributed by atoms with Crippen molar-refractivity contribution in [1.29, 1.82) is 0 Å². The minimum atomic E-state index is -0.0349. The van der Waals surface area contributed by atoms with Crippen LogP contribution in [0, 0.1) is 18.8 Å². The van der Waals surface area contributed by atoms with Crippen LogP contribution in [-0.4, -0.2) is 36.0 Å². The summed E-state index contributed by atoms with van der Waals surface area (Å²) in [5.74, 6) is 2.07. The quantitative estimate of drug-likeness (QED) is 0.631. The van der Waals surface area contributed by atoms with Crippen LogP contribution in [-0.2, 0) is 11.3 Å². The van der Waals surface area contributed by atoms with Crippen LogP contribution in [0.25, 0.3) is 0 Å². The summed E-state index contributed by atoms with van der Waals surface area (Å²) >= 11 is 0. The van der Waals surface area contributed by atoms with Crippen molar-refractivity contribution in [2.24, 2.45) is 11.8 Å². The molecule has 2 fully saturated rings. The highest BCUT2D eigenvalue weighted by atomic mass is 16.5. The van der Waals surface area contributed by atoms with E-state index in [0.29, 0.717) is 18.3 Å². The molecule has 0 radical (unpaired) electrons. The highest BCUT2D eigenvalue weighted by Crippen LogP contribution is 2.33. The molecule has 32 heavy (non-hydrogen) atoms. The van der Waals surface area contributed by atoms with Crippen molar-refractivity contribution in [3.8, 4) is 5.75 Å². The molecule has 1 aliphatic heterocycles. The number of aryl methyl sites for hydroxylation is 1. The van der Waals surface area contributed by atoms with Gasteiger partial charge in [-0.1, -0.05) is 37.1 Å². The number of amides is 1. The third kappa shape index (κ3) is 5.69. The van der Waals surface area contributed by atoms with Crippen molar-refractivity contribution >= 4 is 5.91 Å². The molecule has 2 heterocycles. The summed E-state index contributed by atoms with van der Waals surface area (Å²) in [4.78, 5) is 20.1. The molecule has 0 bridgehead atoms. The molecule has 1 aromatic carbocycles. The first-order valence-electron chi connectivity index (χ1n) is 12.2. The molecule has 2 aromatic rings. The molecular weight excluding hydrogens is 398 g/mol. The molecule has 5 heteroatoms. The molecule has 0 spiro atoms. The van der Waals surface area contributed by atoms with Crippen LogP contribution in [0.3, 0.4) is 0 Å². The van der Waals surface area contributed by atoms with Crippen LogP contribution in [0.4, 0.5) is 0 Å². The molecule has 1 amide bonds. The lowest BCUT2D eigenvalue weighted by Crippen LogP contribution is -2.43.